The molecular weight excluding hydrogens is 284 g/mol. The number of carbonyl (C=O) groups is 1. The molecule has 0 bridgehead atoms. The maximum atomic E-state index is 12.2. The van der Waals surface area contributed by atoms with Crippen LogP contribution in [0.4, 0.5) is 5.00 Å². The van der Waals surface area contributed by atoms with Gasteiger partial charge in [0.05, 0.1) is 12.1 Å². The van der Waals surface area contributed by atoms with E-state index in [0.29, 0.717) is 35.6 Å². The van der Waals surface area contributed by atoms with Gasteiger partial charge in [0.15, 0.2) is 0 Å². The molecule has 2 unspecified atom stereocenters. The summed E-state index contributed by atoms with van der Waals surface area (Å²) in [6, 6.07) is 4.21. The summed E-state index contributed by atoms with van der Waals surface area (Å²) in [5.41, 5.74) is 6.36. The molecular formula is C15H22N4OS. The highest BCUT2D eigenvalue weighted by atomic mass is 32.1. The summed E-state index contributed by atoms with van der Waals surface area (Å²) in [4.78, 5) is 14.4. The Morgan fingerprint density at radius 3 is 3.10 bits per heavy atom. The van der Waals surface area contributed by atoms with Crippen LogP contribution in [0.2, 0.25) is 0 Å². The molecule has 6 heteroatoms. The van der Waals surface area contributed by atoms with Crippen molar-refractivity contribution in [2.75, 3.05) is 25.0 Å². The van der Waals surface area contributed by atoms with Crippen molar-refractivity contribution in [2.45, 2.75) is 32.2 Å². The second-order valence-corrected chi connectivity index (χ2v) is 6.30. The van der Waals surface area contributed by atoms with E-state index in [-0.39, 0.29) is 5.91 Å². The zero-order valence-corrected chi connectivity index (χ0v) is 13.2. The summed E-state index contributed by atoms with van der Waals surface area (Å²) in [6.45, 7) is 3.96. The third-order valence-electron chi connectivity index (χ3n) is 4.18. The second-order valence-electron chi connectivity index (χ2n) is 5.38. The third-order valence-corrected chi connectivity index (χ3v) is 5.01. The van der Waals surface area contributed by atoms with Gasteiger partial charge in [0.25, 0.3) is 0 Å². The van der Waals surface area contributed by atoms with Gasteiger partial charge in [0.1, 0.15) is 11.1 Å². The largest absolute Gasteiger partial charge is 0.330 e. The van der Waals surface area contributed by atoms with Gasteiger partial charge in [-0.1, -0.05) is 13.3 Å². The van der Waals surface area contributed by atoms with Crippen molar-refractivity contribution < 1.29 is 4.79 Å². The van der Waals surface area contributed by atoms with Crippen LogP contribution in [0.1, 0.15) is 31.7 Å². The fourth-order valence-electron chi connectivity index (χ4n) is 3.08. The Balaban J connectivity index is 1.95. The summed E-state index contributed by atoms with van der Waals surface area (Å²) in [6.07, 6.45) is 3.46. The molecule has 0 saturated heterocycles. The van der Waals surface area contributed by atoms with Gasteiger partial charge in [-0.25, -0.2) is 0 Å². The maximum Gasteiger partial charge on any atom is 0.239 e. The molecule has 3 N–H and O–H groups in total. The molecule has 21 heavy (non-hydrogen) atoms. The first-order chi connectivity index (χ1) is 10.2. The van der Waals surface area contributed by atoms with E-state index >= 15 is 0 Å². The monoisotopic (exact) mass is 306 g/mol. The van der Waals surface area contributed by atoms with E-state index in [1.54, 1.807) is 6.07 Å². The van der Waals surface area contributed by atoms with E-state index in [1.807, 2.05) is 5.38 Å². The van der Waals surface area contributed by atoms with Crippen molar-refractivity contribution in [3.63, 3.8) is 0 Å². The molecule has 2 rings (SSSR count). The number of likely N-dealkylation sites (N-methyl/N-ethyl adjacent to an activating group) is 1. The van der Waals surface area contributed by atoms with Crippen molar-refractivity contribution in [1.29, 1.82) is 5.26 Å². The SMILES string of the molecule is CCN(CC(=O)Nc1sccc1C#N)C1CCCC1CN. The van der Waals surface area contributed by atoms with Crippen LogP contribution in [-0.2, 0) is 4.79 Å². The van der Waals surface area contributed by atoms with Crippen molar-refractivity contribution in [2.24, 2.45) is 11.7 Å². The molecule has 1 heterocycles. The van der Waals surface area contributed by atoms with Gasteiger partial charge in [-0.2, -0.15) is 5.26 Å². The zero-order valence-electron chi connectivity index (χ0n) is 12.3. The fourth-order valence-corrected chi connectivity index (χ4v) is 3.83. The van der Waals surface area contributed by atoms with Crippen LogP contribution >= 0.6 is 11.3 Å². The molecule has 0 aliphatic heterocycles. The number of nitriles is 1. The highest BCUT2D eigenvalue weighted by molar-refractivity contribution is 7.14. The van der Waals surface area contributed by atoms with Crippen LogP contribution in [0.3, 0.4) is 0 Å². The van der Waals surface area contributed by atoms with Crippen LogP contribution in [0, 0.1) is 17.2 Å². The van der Waals surface area contributed by atoms with Gasteiger partial charge in [-0.15, -0.1) is 11.3 Å². The first kappa shape index (κ1) is 16.0. The minimum absolute atomic E-state index is 0.0570. The smallest absolute Gasteiger partial charge is 0.239 e. The van der Waals surface area contributed by atoms with Gasteiger partial charge in [-0.3, -0.25) is 9.69 Å². The van der Waals surface area contributed by atoms with Gasteiger partial charge in [0, 0.05) is 6.04 Å². The lowest BCUT2D eigenvalue weighted by molar-refractivity contribution is -0.118. The van der Waals surface area contributed by atoms with Gasteiger partial charge in [-0.05, 0) is 43.3 Å². The number of hydrogen-bond acceptors (Lipinski definition) is 5. The lowest BCUT2D eigenvalue weighted by Crippen LogP contribution is -2.44. The van der Waals surface area contributed by atoms with E-state index in [0.717, 1.165) is 19.4 Å². The molecule has 5 nitrogen and oxygen atoms in total. The lowest BCUT2D eigenvalue weighted by atomic mass is 10.0. The summed E-state index contributed by atoms with van der Waals surface area (Å²) in [5.74, 6) is 0.438. The Hall–Kier alpha value is -1.42. The molecule has 114 valence electrons. The summed E-state index contributed by atoms with van der Waals surface area (Å²) < 4.78 is 0. The minimum Gasteiger partial charge on any atom is -0.330 e. The predicted octanol–water partition coefficient (Wildman–Crippen LogP) is 2.01. The molecule has 1 aliphatic rings. The zero-order chi connectivity index (χ0) is 15.2. The van der Waals surface area contributed by atoms with E-state index in [9.17, 15) is 4.79 Å². The number of nitrogens with one attached hydrogen (secondary N) is 1. The van der Waals surface area contributed by atoms with Crippen LogP contribution in [-0.4, -0.2) is 36.5 Å². The Bertz CT molecular complexity index is 522. The average molecular weight is 306 g/mol. The van der Waals surface area contributed by atoms with Crippen molar-refractivity contribution in [3.8, 4) is 6.07 Å². The Morgan fingerprint density at radius 1 is 1.62 bits per heavy atom. The molecule has 1 aromatic rings. The van der Waals surface area contributed by atoms with Crippen LogP contribution in [0.25, 0.3) is 0 Å². The van der Waals surface area contributed by atoms with Crippen LogP contribution in [0.5, 0.6) is 0 Å². The summed E-state index contributed by atoms with van der Waals surface area (Å²) in [7, 11) is 0. The van der Waals surface area contributed by atoms with E-state index < -0.39 is 0 Å². The van der Waals surface area contributed by atoms with E-state index in [2.05, 4.69) is 23.2 Å². The van der Waals surface area contributed by atoms with Crippen LogP contribution < -0.4 is 11.1 Å². The van der Waals surface area contributed by atoms with E-state index in [1.165, 1.54) is 17.8 Å². The topological polar surface area (TPSA) is 82.2 Å². The molecule has 1 amide bonds. The molecule has 2 atom stereocenters. The Morgan fingerprint density at radius 2 is 2.43 bits per heavy atom. The standard InChI is InChI=1S/C15H22N4OS/c1-2-19(13-5-3-4-11(13)8-16)10-14(20)18-15-12(9-17)6-7-21-15/h6-7,11,13H,2-5,8,10,16H2,1H3,(H,18,20). The van der Waals surface area contributed by atoms with Crippen molar-refractivity contribution >= 4 is 22.2 Å². The number of thiophene rings is 1. The number of anilines is 1. The fraction of sp³-hybridized carbons (Fsp3) is 0.600. The Kier molecular flexibility index (Phi) is 5.74. The average Bonchev–Trinajstić information content (AvgIpc) is 3.12. The second kappa shape index (κ2) is 7.55. The molecule has 0 spiro atoms. The van der Waals surface area contributed by atoms with Gasteiger partial charge < -0.3 is 11.1 Å². The molecule has 0 aromatic carbocycles. The third kappa shape index (κ3) is 3.82. The van der Waals surface area contributed by atoms with Gasteiger partial charge in [0.2, 0.25) is 5.91 Å². The first-order valence-electron chi connectivity index (χ1n) is 7.41. The normalized spacial score (nSPS) is 21.4. The number of nitrogens with zero attached hydrogens (tertiary/aromatic N) is 2. The van der Waals surface area contributed by atoms with Crippen molar-refractivity contribution in [3.05, 3.63) is 17.0 Å². The quantitative estimate of drug-likeness (QED) is 0.842. The highest BCUT2D eigenvalue weighted by Crippen LogP contribution is 2.29. The molecule has 1 aromatic heterocycles. The van der Waals surface area contributed by atoms with Crippen LogP contribution in [0.15, 0.2) is 11.4 Å². The summed E-state index contributed by atoms with van der Waals surface area (Å²) in [5, 5.41) is 14.3. The maximum absolute atomic E-state index is 12.2. The number of rotatable bonds is 6. The number of hydrogen-bond donors (Lipinski definition) is 2. The van der Waals surface area contributed by atoms with Gasteiger partial charge >= 0.3 is 0 Å². The molecule has 1 aliphatic carbocycles. The number of nitrogens with two attached hydrogens (primary N) is 1. The number of amides is 1. The highest BCUT2D eigenvalue weighted by Gasteiger charge is 2.31. The first-order valence-corrected chi connectivity index (χ1v) is 8.29. The molecule has 1 saturated carbocycles. The van der Waals surface area contributed by atoms with Crippen molar-refractivity contribution in [1.82, 2.24) is 4.90 Å². The predicted molar refractivity (Wildman–Crippen MR) is 85.1 cm³/mol. The summed E-state index contributed by atoms with van der Waals surface area (Å²) >= 11 is 1.38. The molecule has 1 fully saturated rings. The molecule has 0 radical (unpaired) electrons. The minimum atomic E-state index is -0.0570. The van der Waals surface area contributed by atoms with E-state index in [4.69, 9.17) is 11.0 Å². The Labute approximate surface area is 129 Å². The lowest BCUT2D eigenvalue weighted by Gasteiger charge is -2.31. The number of carbonyl (C=O) groups excluding carboxylic acids is 1.